The second-order valence-corrected chi connectivity index (χ2v) is 6.35. The fraction of sp³-hybridized carbons (Fsp3) is 0.529. The Kier molecular flexibility index (Phi) is 5.08. The van der Waals surface area contributed by atoms with E-state index in [4.69, 9.17) is 0 Å². The zero-order valence-corrected chi connectivity index (χ0v) is 13.4. The van der Waals surface area contributed by atoms with Crippen molar-refractivity contribution in [3.8, 4) is 0 Å². The van der Waals surface area contributed by atoms with E-state index in [0.29, 0.717) is 12.1 Å². The van der Waals surface area contributed by atoms with Crippen molar-refractivity contribution < 1.29 is 18.4 Å². The second-order valence-electron chi connectivity index (χ2n) is 6.35. The summed E-state index contributed by atoms with van der Waals surface area (Å²) >= 11 is 0. The third-order valence-electron chi connectivity index (χ3n) is 4.77. The van der Waals surface area contributed by atoms with Crippen LogP contribution in [0, 0.1) is 11.6 Å². The Balaban J connectivity index is 1.70. The molecular weight excluding hydrogens is 316 g/mol. The zero-order valence-electron chi connectivity index (χ0n) is 13.4. The van der Waals surface area contributed by atoms with Crippen molar-refractivity contribution in [2.45, 2.75) is 38.3 Å². The topological polar surface area (TPSA) is 52.7 Å². The van der Waals surface area contributed by atoms with E-state index in [0.717, 1.165) is 37.8 Å². The molecule has 1 saturated heterocycles. The van der Waals surface area contributed by atoms with Crippen LogP contribution in [0.2, 0.25) is 0 Å². The summed E-state index contributed by atoms with van der Waals surface area (Å²) in [5, 5.41) is 2.49. The maximum atomic E-state index is 14.0. The Morgan fingerprint density at radius 3 is 2.62 bits per heavy atom. The molecule has 0 atom stereocenters. The molecule has 24 heavy (non-hydrogen) atoms. The van der Waals surface area contributed by atoms with Crippen LogP contribution in [0.4, 0.5) is 13.6 Å². The van der Waals surface area contributed by atoms with Crippen LogP contribution in [0.25, 0.3) is 0 Å². The average molecular weight is 337 g/mol. The van der Waals surface area contributed by atoms with E-state index in [-0.39, 0.29) is 37.6 Å². The van der Waals surface area contributed by atoms with Gasteiger partial charge in [0.1, 0.15) is 11.6 Å². The highest BCUT2D eigenvalue weighted by Crippen LogP contribution is 2.25. The molecule has 1 aromatic rings. The van der Waals surface area contributed by atoms with Crippen molar-refractivity contribution in [2.75, 3.05) is 19.6 Å². The summed E-state index contributed by atoms with van der Waals surface area (Å²) in [6.45, 7) is 1.02. The van der Waals surface area contributed by atoms with Crippen LogP contribution in [0.3, 0.4) is 0 Å². The number of carbonyl (C=O) groups is 2. The summed E-state index contributed by atoms with van der Waals surface area (Å²) in [6, 6.07) is 3.34. The minimum absolute atomic E-state index is 0.0286. The minimum Gasteiger partial charge on any atom is -0.329 e. The highest BCUT2D eigenvalue weighted by atomic mass is 19.1. The summed E-state index contributed by atoms with van der Waals surface area (Å²) in [5.41, 5.74) is 0.305. The highest BCUT2D eigenvalue weighted by molar-refractivity contribution is 6.01. The van der Waals surface area contributed by atoms with Crippen molar-refractivity contribution in [3.63, 3.8) is 0 Å². The highest BCUT2D eigenvalue weighted by Gasteiger charge is 2.30. The van der Waals surface area contributed by atoms with Crippen molar-refractivity contribution in [1.29, 1.82) is 0 Å². The number of amides is 3. The Bertz CT molecular complexity index is 616. The predicted octanol–water partition coefficient (Wildman–Crippen LogP) is 2.26. The van der Waals surface area contributed by atoms with E-state index in [1.54, 1.807) is 0 Å². The first-order valence-electron chi connectivity index (χ1n) is 8.31. The Morgan fingerprint density at radius 1 is 1.21 bits per heavy atom. The minimum atomic E-state index is -0.466. The van der Waals surface area contributed by atoms with Crippen LogP contribution in [-0.4, -0.2) is 47.4 Å². The van der Waals surface area contributed by atoms with E-state index < -0.39 is 11.6 Å². The molecule has 1 heterocycles. The molecule has 1 saturated carbocycles. The summed E-state index contributed by atoms with van der Waals surface area (Å²) < 4.78 is 27.4. The van der Waals surface area contributed by atoms with Gasteiger partial charge in [-0.3, -0.25) is 14.6 Å². The molecule has 1 aliphatic carbocycles. The van der Waals surface area contributed by atoms with Gasteiger partial charge in [-0.25, -0.2) is 13.6 Å². The Morgan fingerprint density at radius 2 is 1.96 bits per heavy atom. The number of imide groups is 1. The number of urea groups is 1. The molecule has 0 radical (unpaired) electrons. The van der Waals surface area contributed by atoms with Crippen molar-refractivity contribution in [2.24, 2.45) is 0 Å². The van der Waals surface area contributed by atoms with Gasteiger partial charge >= 0.3 is 6.03 Å². The monoisotopic (exact) mass is 337 g/mol. The number of hydrogen-bond donors (Lipinski definition) is 1. The van der Waals surface area contributed by atoms with Crippen molar-refractivity contribution in [3.05, 3.63) is 35.4 Å². The average Bonchev–Trinajstić information content (AvgIpc) is 3.19. The molecule has 1 aromatic carbocycles. The van der Waals surface area contributed by atoms with E-state index in [1.807, 2.05) is 0 Å². The first-order valence-corrected chi connectivity index (χ1v) is 8.31. The third kappa shape index (κ3) is 3.72. The number of nitrogens with one attached hydrogen (secondary N) is 1. The van der Waals surface area contributed by atoms with E-state index in [9.17, 15) is 18.4 Å². The van der Waals surface area contributed by atoms with Gasteiger partial charge < -0.3 is 5.32 Å². The van der Waals surface area contributed by atoms with Gasteiger partial charge in [-0.2, -0.15) is 0 Å². The quantitative estimate of drug-likeness (QED) is 0.810. The van der Waals surface area contributed by atoms with E-state index in [2.05, 4.69) is 10.2 Å². The number of benzene rings is 1. The fourth-order valence-corrected chi connectivity index (χ4v) is 3.45. The fourth-order valence-electron chi connectivity index (χ4n) is 3.45. The number of halogens is 2. The number of nitrogens with zero attached hydrogens (tertiary/aromatic N) is 2. The molecule has 130 valence electrons. The maximum absolute atomic E-state index is 14.0. The van der Waals surface area contributed by atoms with Gasteiger partial charge in [0.15, 0.2) is 0 Å². The molecule has 0 aromatic heterocycles. The molecule has 2 aliphatic rings. The molecular formula is C17H21F2N3O2. The van der Waals surface area contributed by atoms with Gasteiger partial charge in [-0.05, 0) is 31.0 Å². The first-order chi connectivity index (χ1) is 11.5. The summed E-state index contributed by atoms with van der Waals surface area (Å²) in [7, 11) is 0. The number of carbonyl (C=O) groups excluding carboxylic acids is 2. The van der Waals surface area contributed by atoms with E-state index >= 15 is 0 Å². The lowest BCUT2D eigenvalue weighted by Gasteiger charge is -2.30. The number of rotatable bonds is 6. The zero-order chi connectivity index (χ0) is 17.1. The predicted molar refractivity (Wildman–Crippen MR) is 84.1 cm³/mol. The second kappa shape index (κ2) is 7.25. The Labute approximate surface area is 139 Å². The SMILES string of the molecule is O=C1CNC(=O)N1CCN(Cc1cc(F)ccc1F)C1CCCC1. The summed E-state index contributed by atoms with van der Waals surface area (Å²) in [4.78, 5) is 26.6. The van der Waals surface area contributed by atoms with Crippen LogP contribution < -0.4 is 5.32 Å². The normalized spacial score (nSPS) is 18.7. The smallest absolute Gasteiger partial charge is 0.324 e. The molecule has 3 amide bonds. The molecule has 0 spiro atoms. The molecule has 1 N–H and O–H groups in total. The van der Waals surface area contributed by atoms with Gasteiger partial charge in [0.05, 0.1) is 6.54 Å². The largest absolute Gasteiger partial charge is 0.329 e. The molecule has 5 nitrogen and oxygen atoms in total. The standard InChI is InChI=1S/C17H21F2N3O2/c18-13-5-6-15(19)12(9-13)11-21(14-3-1-2-4-14)7-8-22-16(23)10-20-17(22)24/h5-6,9,14H,1-4,7-8,10-11H2,(H,20,24). The lowest BCUT2D eigenvalue weighted by molar-refractivity contribution is -0.125. The van der Waals surface area contributed by atoms with Gasteiger partial charge in [0, 0.05) is 31.2 Å². The first kappa shape index (κ1) is 16.8. The molecule has 0 bridgehead atoms. The lowest BCUT2D eigenvalue weighted by atomic mass is 10.1. The van der Waals surface area contributed by atoms with Crippen molar-refractivity contribution in [1.82, 2.24) is 15.1 Å². The van der Waals surface area contributed by atoms with Gasteiger partial charge in [-0.1, -0.05) is 12.8 Å². The molecule has 1 aliphatic heterocycles. The molecule has 3 rings (SSSR count). The van der Waals surface area contributed by atoms with Crippen LogP contribution >= 0.6 is 0 Å². The van der Waals surface area contributed by atoms with Crippen molar-refractivity contribution >= 4 is 11.9 Å². The summed E-state index contributed by atoms with van der Waals surface area (Å²) in [6.07, 6.45) is 4.21. The van der Waals surface area contributed by atoms with Gasteiger partial charge in [-0.15, -0.1) is 0 Å². The Hall–Kier alpha value is -2.02. The molecule has 0 unspecified atom stereocenters. The van der Waals surface area contributed by atoms with Gasteiger partial charge in [0.2, 0.25) is 5.91 Å². The number of hydrogen-bond acceptors (Lipinski definition) is 3. The van der Waals surface area contributed by atoms with Gasteiger partial charge in [0.25, 0.3) is 0 Å². The van der Waals surface area contributed by atoms with E-state index in [1.165, 1.54) is 11.0 Å². The van der Waals surface area contributed by atoms with Crippen LogP contribution in [0.15, 0.2) is 18.2 Å². The molecule has 2 fully saturated rings. The third-order valence-corrected chi connectivity index (χ3v) is 4.77. The van der Waals surface area contributed by atoms with Crippen LogP contribution in [-0.2, 0) is 11.3 Å². The van der Waals surface area contributed by atoms with Crippen LogP contribution in [0.1, 0.15) is 31.2 Å². The lowest BCUT2D eigenvalue weighted by Crippen LogP contribution is -2.42. The molecule has 7 heteroatoms. The van der Waals surface area contributed by atoms with Crippen LogP contribution in [0.5, 0.6) is 0 Å². The maximum Gasteiger partial charge on any atom is 0.324 e. The summed E-state index contributed by atoms with van der Waals surface area (Å²) in [5.74, 6) is -1.15.